The molecular formula is C13H22N2OS. The molecular weight excluding hydrogens is 232 g/mol. The topological polar surface area (TPSA) is 32.3 Å². The van der Waals surface area contributed by atoms with E-state index in [0.717, 1.165) is 43.7 Å². The number of hydrogen-bond acceptors (Lipinski definition) is 3. The summed E-state index contributed by atoms with van der Waals surface area (Å²) >= 11 is 1.88. The van der Waals surface area contributed by atoms with Crippen molar-refractivity contribution in [2.24, 2.45) is 0 Å². The molecule has 2 aliphatic rings. The minimum absolute atomic E-state index is 0.0127. The lowest BCUT2D eigenvalue weighted by atomic mass is 10.1. The number of amides is 1. The van der Waals surface area contributed by atoms with Crippen LogP contribution in [0, 0.1) is 0 Å². The quantitative estimate of drug-likeness (QED) is 0.761. The van der Waals surface area contributed by atoms with E-state index in [0.29, 0.717) is 11.9 Å². The van der Waals surface area contributed by atoms with Crippen molar-refractivity contribution in [3.05, 3.63) is 12.2 Å². The molecule has 4 heteroatoms. The van der Waals surface area contributed by atoms with Gasteiger partial charge in [-0.2, -0.15) is 11.8 Å². The van der Waals surface area contributed by atoms with Crippen molar-refractivity contribution < 1.29 is 4.79 Å². The van der Waals surface area contributed by atoms with Crippen molar-refractivity contribution in [3.8, 4) is 0 Å². The van der Waals surface area contributed by atoms with E-state index < -0.39 is 0 Å². The number of rotatable bonds is 2. The molecule has 1 atom stereocenters. The SMILES string of the molecule is CNC1CSCCN(C2CCC=CCC2)C1=O. The van der Waals surface area contributed by atoms with Crippen molar-refractivity contribution >= 4 is 17.7 Å². The Labute approximate surface area is 108 Å². The second-order valence-electron chi connectivity index (χ2n) is 4.73. The molecule has 1 fully saturated rings. The number of nitrogens with zero attached hydrogens (tertiary/aromatic N) is 1. The minimum atomic E-state index is 0.0127. The summed E-state index contributed by atoms with van der Waals surface area (Å²) in [5.41, 5.74) is 0. The van der Waals surface area contributed by atoms with Crippen molar-refractivity contribution in [3.63, 3.8) is 0 Å². The Bertz CT molecular complexity index is 283. The van der Waals surface area contributed by atoms with Gasteiger partial charge in [0.15, 0.2) is 0 Å². The number of likely N-dealkylation sites (N-methyl/N-ethyl adjacent to an activating group) is 1. The molecule has 3 nitrogen and oxygen atoms in total. The van der Waals surface area contributed by atoms with Gasteiger partial charge in [0.05, 0.1) is 6.04 Å². The normalized spacial score (nSPS) is 27.9. The standard InChI is InChI=1S/C13H22N2OS/c1-14-12-10-17-9-8-15(13(12)16)11-6-4-2-3-5-7-11/h2-3,11-12,14H,4-10H2,1H3. The third kappa shape index (κ3) is 3.26. The second kappa shape index (κ2) is 6.45. The van der Waals surface area contributed by atoms with Crippen LogP contribution >= 0.6 is 11.8 Å². The van der Waals surface area contributed by atoms with E-state index in [9.17, 15) is 4.79 Å². The second-order valence-corrected chi connectivity index (χ2v) is 5.88. The van der Waals surface area contributed by atoms with Crippen LogP contribution in [0.3, 0.4) is 0 Å². The number of carbonyl (C=O) groups is 1. The molecule has 0 radical (unpaired) electrons. The molecule has 1 amide bonds. The number of nitrogens with one attached hydrogen (secondary N) is 1. The van der Waals surface area contributed by atoms with Crippen molar-refractivity contribution in [1.82, 2.24) is 10.2 Å². The third-order valence-electron chi connectivity index (χ3n) is 3.63. The number of thioether (sulfide) groups is 1. The van der Waals surface area contributed by atoms with Gasteiger partial charge in [-0.3, -0.25) is 4.79 Å². The van der Waals surface area contributed by atoms with E-state index >= 15 is 0 Å². The molecule has 0 saturated carbocycles. The summed E-state index contributed by atoms with van der Waals surface area (Å²) in [6, 6.07) is 0.464. The lowest BCUT2D eigenvalue weighted by Crippen LogP contribution is -2.49. The molecule has 1 N–H and O–H groups in total. The van der Waals surface area contributed by atoms with Gasteiger partial charge < -0.3 is 10.2 Å². The Kier molecular flexibility index (Phi) is 4.92. The van der Waals surface area contributed by atoms with E-state index in [1.54, 1.807) is 0 Å². The smallest absolute Gasteiger partial charge is 0.240 e. The average molecular weight is 254 g/mol. The highest BCUT2D eigenvalue weighted by atomic mass is 32.2. The van der Waals surface area contributed by atoms with Gasteiger partial charge in [-0.25, -0.2) is 0 Å². The largest absolute Gasteiger partial charge is 0.337 e. The van der Waals surface area contributed by atoms with Gasteiger partial charge in [0.1, 0.15) is 0 Å². The maximum absolute atomic E-state index is 12.4. The monoisotopic (exact) mass is 254 g/mol. The van der Waals surface area contributed by atoms with E-state index in [4.69, 9.17) is 0 Å². The van der Waals surface area contributed by atoms with E-state index in [1.807, 2.05) is 18.8 Å². The van der Waals surface area contributed by atoms with E-state index in [-0.39, 0.29) is 6.04 Å². The fraction of sp³-hybridized carbons (Fsp3) is 0.769. The molecule has 1 aliphatic carbocycles. The Morgan fingerprint density at radius 1 is 1.35 bits per heavy atom. The third-order valence-corrected chi connectivity index (χ3v) is 4.67. The zero-order valence-electron chi connectivity index (χ0n) is 10.5. The molecule has 0 bridgehead atoms. The van der Waals surface area contributed by atoms with Crippen LogP contribution in [0.5, 0.6) is 0 Å². The predicted octanol–water partition coefficient (Wildman–Crippen LogP) is 1.65. The zero-order valence-corrected chi connectivity index (χ0v) is 11.3. The van der Waals surface area contributed by atoms with Gasteiger partial charge in [0.25, 0.3) is 0 Å². The van der Waals surface area contributed by atoms with Crippen LogP contribution < -0.4 is 5.32 Å². The van der Waals surface area contributed by atoms with Crippen molar-refractivity contribution in [2.45, 2.75) is 37.8 Å². The minimum Gasteiger partial charge on any atom is -0.337 e. The van der Waals surface area contributed by atoms with Crippen LogP contribution in [0.2, 0.25) is 0 Å². The summed E-state index contributed by atoms with van der Waals surface area (Å²) in [5.74, 6) is 2.30. The summed E-state index contributed by atoms with van der Waals surface area (Å²) in [7, 11) is 1.89. The Balaban J connectivity index is 2.03. The number of allylic oxidation sites excluding steroid dienone is 2. The van der Waals surface area contributed by atoms with Gasteiger partial charge in [-0.15, -0.1) is 0 Å². The summed E-state index contributed by atoms with van der Waals surface area (Å²) in [6.07, 6.45) is 9.00. The molecule has 0 aromatic rings. The van der Waals surface area contributed by atoms with E-state index in [1.165, 1.54) is 0 Å². The maximum Gasteiger partial charge on any atom is 0.240 e. The number of carbonyl (C=O) groups excluding carboxylic acids is 1. The number of hydrogen-bond donors (Lipinski definition) is 1. The summed E-state index contributed by atoms with van der Waals surface area (Å²) in [5, 5.41) is 3.15. The zero-order chi connectivity index (χ0) is 12.1. The molecule has 1 saturated heterocycles. The van der Waals surface area contributed by atoms with Gasteiger partial charge in [-0.05, 0) is 32.7 Å². The first kappa shape index (κ1) is 13.0. The van der Waals surface area contributed by atoms with Crippen molar-refractivity contribution in [1.29, 1.82) is 0 Å². The highest BCUT2D eigenvalue weighted by Gasteiger charge is 2.30. The summed E-state index contributed by atoms with van der Waals surface area (Å²) < 4.78 is 0. The molecule has 1 aliphatic heterocycles. The molecule has 0 aromatic heterocycles. The van der Waals surface area contributed by atoms with Gasteiger partial charge >= 0.3 is 0 Å². The summed E-state index contributed by atoms with van der Waals surface area (Å²) in [6.45, 7) is 0.923. The van der Waals surface area contributed by atoms with Crippen molar-refractivity contribution in [2.75, 3.05) is 25.1 Å². The molecule has 0 aromatic carbocycles. The van der Waals surface area contributed by atoms with Crippen LogP contribution in [0.1, 0.15) is 25.7 Å². The molecule has 1 heterocycles. The molecule has 17 heavy (non-hydrogen) atoms. The summed E-state index contributed by atoms with van der Waals surface area (Å²) in [4.78, 5) is 14.6. The Morgan fingerprint density at radius 3 is 2.71 bits per heavy atom. The first-order valence-corrected chi connectivity index (χ1v) is 7.69. The predicted molar refractivity (Wildman–Crippen MR) is 73.3 cm³/mol. The fourth-order valence-corrected chi connectivity index (χ4v) is 3.62. The maximum atomic E-state index is 12.4. The van der Waals surface area contributed by atoms with Gasteiger partial charge in [0, 0.05) is 24.1 Å². The van der Waals surface area contributed by atoms with Crippen LogP contribution in [0.15, 0.2) is 12.2 Å². The van der Waals surface area contributed by atoms with Gasteiger partial charge in [0.2, 0.25) is 5.91 Å². The highest BCUT2D eigenvalue weighted by molar-refractivity contribution is 7.99. The average Bonchev–Trinajstić information content (AvgIpc) is 2.69. The highest BCUT2D eigenvalue weighted by Crippen LogP contribution is 2.22. The Hall–Kier alpha value is -0.480. The molecule has 1 unspecified atom stereocenters. The Morgan fingerprint density at radius 2 is 2.06 bits per heavy atom. The van der Waals surface area contributed by atoms with Crippen LogP contribution in [-0.4, -0.2) is 48.0 Å². The first-order chi connectivity index (χ1) is 8.33. The van der Waals surface area contributed by atoms with Crippen LogP contribution in [0.4, 0.5) is 0 Å². The lowest BCUT2D eigenvalue weighted by molar-refractivity contribution is -0.134. The van der Waals surface area contributed by atoms with E-state index in [2.05, 4.69) is 22.4 Å². The first-order valence-electron chi connectivity index (χ1n) is 6.53. The van der Waals surface area contributed by atoms with Crippen LogP contribution in [-0.2, 0) is 4.79 Å². The lowest BCUT2D eigenvalue weighted by Gasteiger charge is -2.31. The molecule has 2 rings (SSSR count). The van der Waals surface area contributed by atoms with Gasteiger partial charge in [-0.1, -0.05) is 12.2 Å². The molecule has 96 valence electrons. The molecule has 0 spiro atoms. The van der Waals surface area contributed by atoms with Crippen LogP contribution in [0.25, 0.3) is 0 Å². The fourth-order valence-electron chi connectivity index (χ4n) is 2.58.